The fourth-order valence-electron chi connectivity index (χ4n) is 2.94. The van der Waals surface area contributed by atoms with Crippen LogP contribution in [0.1, 0.15) is 22.0 Å². The van der Waals surface area contributed by atoms with Crippen LogP contribution in [0.4, 0.5) is 15.8 Å². The molecule has 4 rings (SSSR count). The van der Waals surface area contributed by atoms with Crippen LogP contribution in [-0.2, 0) is 4.79 Å². The highest BCUT2D eigenvalue weighted by Crippen LogP contribution is 2.36. The van der Waals surface area contributed by atoms with E-state index in [1.54, 1.807) is 18.2 Å². The summed E-state index contributed by atoms with van der Waals surface area (Å²) in [6, 6.07) is 17.9. The fourth-order valence-corrected chi connectivity index (χ4v) is 3.19. The first-order valence-corrected chi connectivity index (χ1v) is 8.82. The summed E-state index contributed by atoms with van der Waals surface area (Å²) in [5, 5.41) is 5.36. The summed E-state index contributed by atoms with van der Waals surface area (Å²) < 4.78 is 19.7. The molecule has 3 aromatic carbocycles. The lowest BCUT2D eigenvalue weighted by atomic mass is 10.1. The van der Waals surface area contributed by atoms with Gasteiger partial charge in [0.05, 0.1) is 16.3 Å². The van der Waals surface area contributed by atoms with Gasteiger partial charge in [-0.15, -0.1) is 0 Å². The van der Waals surface area contributed by atoms with Crippen LogP contribution in [0.15, 0.2) is 66.7 Å². The van der Waals surface area contributed by atoms with Gasteiger partial charge in [-0.1, -0.05) is 48.0 Å². The molecule has 1 aliphatic rings. The number of nitrogens with one attached hydrogen (secondary N) is 2. The fraction of sp³-hybridized carbons (Fsp3) is 0.0476. The SMILES string of the molecule is O=C(Nc1ccc2c(c1)NC(=O)C(c1ccccc1)O2)c1c(F)cccc1Cl. The lowest BCUT2D eigenvalue weighted by Crippen LogP contribution is -2.30. The van der Waals surface area contributed by atoms with E-state index in [1.165, 1.54) is 12.1 Å². The molecule has 0 spiro atoms. The third-order valence-electron chi connectivity index (χ3n) is 4.27. The Kier molecular flexibility index (Phi) is 4.71. The predicted molar refractivity (Wildman–Crippen MR) is 104 cm³/mol. The molecule has 0 bridgehead atoms. The second-order valence-electron chi connectivity index (χ2n) is 6.16. The van der Waals surface area contributed by atoms with Crippen LogP contribution < -0.4 is 15.4 Å². The van der Waals surface area contributed by atoms with Gasteiger partial charge in [-0.2, -0.15) is 0 Å². The summed E-state index contributed by atoms with van der Waals surface area (Å²) in [7, 11) is 0. The lowest BCUT2D eigenvalue weighted by molar-refractivity contribution is -0.123. The molecule has 7 heteroatoms. The average molecular weight is 397 g/mol. The number of benzene rings is 3. The second kappa shape index (κ2) is 7.32. The molecule has 2 N–H and O–H groups in total. The third kappa shape index (κ3) is 3.42. The van der Waals surface area contributed by atoms with Gasteiger partial charge >= 0.3 is 0 Å². The van der Waals surface area contributed by atoms with E-state index < -0.39 is 17.8 Å². The van der Waals surface area contributed by atoms with E-state index in [4.69, 9.17) is 16.3 Å². The Hall–Kier alpha value is -3.38. The van der Waals surface area contributed by atoms with Crippen molar-refractivity contribution in [1.29, 1.82) is 0 Å². The Bertz CT molecular complexity index is 1050. The van der Waals surface area contributed by atoms with Crippen molar-refractivity contribution in [2.45, 2.75) is 6.10 Å². The number of hydrogen-bond acceptors (Lipinski definition) is 3. The highest BCUT2D eigenvalue weighted by molar-refractivity contribution is 6.34. The molecule has 3 aromatic rings. The topological polar surface area (TPSA) is 67.4 Å². The van der Waals surface area contributed by atoms with Crippen LogP contribution in [0.3, 0.4) is 0 Å². The van der Waals surface area contributed by atoms with Crippen molar-refractivity contribution in [1.82, 2.24) is 0 Å². The molecule has 0 aromatic heterocycles. The molecule has 1 heterocycles. The van der Waals surface area contributed by atoms with Crippen LogP contribution in [0.5, 0.6) is 5.75 Å². The number of carbonyl (C=O) groups excluding carboxylic acids is 2. The predicted octanol–water partition coefficient (Wildman–Crippen LogP) is 4.80. The number of amides is 2. The smallest absolute Gasteiger partial charge is 0.270 e. The van der Waals surface area contributed by atoms with E-state index in [0.717, 1.165) is 11.6 Å². The molecule has 2 amide bonds. The minimum Gasteiger partial charge on any atom is -0.474 e. The molecular weight excluding hydrogens is 383 g/mol. The largest absolute Gasteiger partial charge is 0.474 e. The number of anilines is 2. The van der Waals surface area contributed by atoms with Crippen molar-refractivity contribution in [2.24, 2.45) is 0 Å². The Labute approximate surface area is 165 Å². The first-order chi connectivity index (χ1) is 13.5. The van der Waals surface area contributed by atoms with Gasteiger partial charge < -0.3 is 15.4 Å². The molecule has 0 radical (unpaired) electrons. The Morgan fingerprint density at radius 1 is 1.07 bits per heavy atom. The molecule has 28 heavy (non-hydrogen) atoms. The zero-order valence-corrected chi connectivity index (χ0v) is 15.2. The first kappa shape index (κ1) is 18.0. The Morgan fingerprint density at radius 2 is 1.86 bits per heavy atom. The van der Waals surface area contributed by atoms with Crippen molar-refractivity contribution in [3.63, 3.8) is 0 Å². The highest BCUT2D eigenvalue weighted by Gasteiger charge is 2.29. The van der Waals surface area contributed by atoms with Gasteiger partial charge in [0, 0.05) is 11.3 Å². The molecule has 1 unspecified atom stereocenters. The Balaban J connectivity index is 1.56. The molecule has 0 saturated carbocycles. The van der Waals surface area contributed by atoms with Crippen LogP contribution in [0.2, 0.25) is 5.02 Å². The minimum absolute atomic E-state index is 0.0119. The zero-order valence-electron chi connectivity index (χ0n) is 14.4. The molecular formula is C21H14ClFN2O3. The molecule has 1 atom stereocenters. The van der Waals surface area contributed by atoms with Crippen LogP contribution >= 0.6 is 11.6 Å². The molecule has 0 aliphatic carbocycles. The number of ether oxygens (including phenoxy) is 1. The average Bonchev–Trinajstić information content (AvgIpc) is 2.68. The normalized spacial score (nSPS) is 15.2. The van der Waals surface area contributed by atoms with E-state index in [1.807, 2.05) is 30.3 Å². The van der Waals surface area contributed by atoms with Gasteiger partial charge in [0.25, 0.3) is 11.8 Å². The molecule has 1 aliphatic heterocycles. The third-order valence-corrected chi connectivity index (χ3v) is 4.59. The summed E-state index contributed by atoms with van der Waals surface area (Å²) in [6.07, 6.45) is -0.758. The van der Waals surface area contributed by atoms with Gasteiger partial charge in [-0.3, -0.25) is 9.59 Å². The maximum atomic E-state index is 13.9. The zero-order chi connectivity index (χ0) is 19.7. The molecule has 0 saturated heterocycles. The minimum atomic E-state index is -0.758. The van der Waals surface area contributed by atoms with Crippen molar-refractivity contribution in [2.75, 3.05) is 10.6 Å². The van der Waals surface area contributed by atoms with Gasteiger partial charge in [0.2, 0.25) is 6.10 Å². The van der Waals surface area contributed by atoms with E-state index in [2.05, 4.69) is 10.6 Å². The Morgan fingerprint density at radius 3 is 2.61 bits per heavy atom. The number of rotatable bonds is 3. The first-order valence-electron chi connectivity index (χ1n) is 8.45. The standard InChI is InChI=1S/C21H14ClFN2O3/c22-14-7-4-8-15(23)18(14)20(26)24-13-9-10-17-16(11-13)25-21(27)19(28-17)12-5-2-1-3-6-12/h1-11,19H,(H,24,26)(H,25,27). The summed E-state index contributed by atoms with van der Waals surface area (Å²) in [6.45, 7) is 0. The van der Waals surface area contributed by atoms with Gasteiger partial charge in [-0.05, 0) is 30.3 Å². The van der Waals surface area contributed by atoms with Crippen molar-refractivity contribution >= 4 is 34.8 Å². The van der Waals surface area contributed by atoms with Crippen LogP contribution in [-0.4, -0.2) is 11.8 Å². The second-order valence-corrected chi connectivity index (χ2v) is 6.57. The number of fused-ring (bicyclic) bond motifs is 1. The quantitative estimate of drug-likeness (QED) is 0.668. The number of carbonyl (C=O) groups is 2. The summed E-state index contributed by atoms with van der Waals surface area (Å²) in [5.74, 6) is -1.26. The molecule has 5 nitrogen and oxygen atoms in total. The van der Waals surface area contributed by atoms with Gasteiger partial charge in [0.1, 0.15) is 11.6 Å². The van der Waals surface area contributed by atoms with Crippen molar-refractivity contribution in [3.05, 3.63) is 88.7 Å². The highest BCUT2D eigenvalue weighted by atomic mass is 35.5. The lowest BCUT2D eigenvalue weighted by Gasteiger charge is -2.26. The summed E-state index contributed by atoms with van der Waals surface area (Å²) in [5.41, 5.74) is 1.27. The van der Waals surface area contributed by atoms with Crippen molar-refractivity contribution in [3.8, 4) is 5.75 Å². The van der Waals surface area contributed by atoms with E-state index in [-0.39, 0.29) is 16.5 Å². The summed E-state index contributed by atoms with van der Waals surface area (Å²) in [4.78, 5) is 24.8. The van der Waals surface area contributed by atoms with Crippen molar-refractivity contribution < 1.29 is 18.7 Å². The van der Waals surface area contributed by atoms with Gasteiger partial charge in [-0.25, -0.2) is 4.39 Å². The van der Waals surface area contributed by atoms with E-state index >= 15 is 0 Å². The number of hydrogen-bond donors (Lipinski definition) is 2. The van der Waals surface area contributed by atoms with Crippen LogP contribution in [0, 0.1) is 5.82 Å². The number of halogens is 2. The maximum Gasteiger partial charge on any atom is 0.270 e. The molecule has 0 fully saturated rings. The van der Waals surface area contributed by atoms with Crippen LogP contribution in [0.25, 0.3) is 0 Å². The maximum absolute atomic E-state index is 13.9. The summed E-state index contributed by atoms with van der Waals surface area (Å²) >= 11 is 5.92. The molecule has 140 valence electrons. The monoisotopic (exact) mass is 396 g/mol. The van der Waals surface area contributed by atoms with E-state index in [9.17, 15) is 14.0 Å². The van der Waals surface area contributed by atoms with E-state index in [0.29, 0.717) is 17.1 Å². The van der Waals surface area contributed by atoms with Gasteiger partial charge in [0.15, 0.2) is 0 Å².